The maximum atomic E-state index is 5.44. The smallest absolute Gasteiger partial charge is 0.179 e. The van der Waals surface area contributed by atoms with E-state index in [2.05, 4.69) is 21.9 Å². The van der Waals surface area contributed by atoms with Crippen LogP contribution in [0, 0.1) is 11.7 Å². The Kier molecular flexibility index (Phi) is 2.91. The molecule has 0 spiro atoms. The van der Waals surface area contributed by atoms with Gasteiger partial charge in [0.1, 0.15) is 0 Å². The Morgan fingerprint density at radius 3 is 2.89 bits per heavy atom. The van der Waals surface area contributed by atoms with E-state index in [4.69, 9.17) is 12.2 Å². The molecule has 0 radical (unpaired) electrons. The number of aromatic nitrogens is 4. The zero-order valence-electron chi connectivity index (χ0n) is 10.8. The average Bonchev–Trinajstić information content (AvgIpc) is 2.77. The number of rotatable bonds is 2. The number of pyridine rings is 2. The molecule has 0 bridgehead atoms. The molecule has 3 aromatic heterocycles. The van der Waals surface area contributed by atoms with Crippen molar-refractivity contribution in [2.24, 2.45) is 0 Å². The molecule has 0 fully saturated rings. The van der Waals surface area contributed by atoms with Gasteiger partial charge in [0, 0.05) is 18.6 Å². The monoisotopic (exact) mass is 270 g/mol. The van der Waals surface area contributed by atoms with Crippen molar-refractivity contribution in [2.45, 2.75) is 19.9 Å². The number of nitrogens with one attached hydrogen (secondary N) is 1. The second-order valence-electron chi connectivity index (χ2n) is 4.59. The zero-order valence-corrected chi connectivity index (χ0v) is 11.6. The van der Waals surface area contributed by atoms with Crippen LogP contribution in [-0.4, -0.2) is 19.5 Å². The van der Waals surface area contributed by atoms with E-state index in [0.29, 0.717) is 4.77 Å². The van der Waals surface area contributed by atoms with Crippen LogP contribution < -0.4 is 0 Å². The fourth-order valence-corrected chi connectivity index (χ4v) is 2.62. The van der Waals surface area contributed by atoms with Gasteiger partial charge in [0.25, 0.3) is 0 Å². The second kappa shape index (κ2) is 4.59. The molecule has 0 aromatic carbocycles. The van der Waals surface area contributed by atoms with Crippen LogP contribution in [0.25, 0.3) is 11.2 Å². The highest BCUT2D eigenvalue weighted by Crippen LogP contribution is 2.23. The summed E-state index contributed by atoms with van der Waals surface area (Å²) in [4.78, 5) is 11.9. The van der Waals surface area contributed by atoms with Gasteiger partial charge in [-0.05, 0) is 49.3 Å². The van der Waals surface area contributed by atoms with E-state index in [9.17, 15) is 0 Å². The molecule has 0 saturated heterocycles. The van der Waals surface area contributed by atoms with E-state index < -0.39 is 0 Å². The molecule has 5 heteroatoms. The lowest BCUT2D eigenvalue weighted by molar-refractivity contribution is 0.641. The summed E-state index contributed by atoms with van der Waals surface area (Å²) in [6.07, 6.45) is 5.45. The highest BCUT2D eigenvalue weighted by atomic mass is 32.1. The molecule has 3 aromatic rings. The number of hydrogen-bond acceptors (Lipinski definition) is 3. The van der Waals surface area contributed by atoms with Crippen molar-refractivity contribution < 1.29 is 0 Å². The average molecular weight is 270 g/mol. The van der Waals surface area contributed by atoms with Crippen LogP contribution in [0.2, 0.25) is 0 Å². The van der Waals surface area contributed by atoms with Gasteiger partial charge in [-0.15, -0.1) is 0 Å². The first-order valence-corrected chi connectivity index (χ1v) is 6.55. The Balaban J connectivity index is 2.23. The van der Waals surface area contributed by atoms with Crippen molar-refractivity contribution in [3.05, 3.63) is 52.7 Å². The molecule has 0 aliphatic rings. The van der Waals surface area contributed by atoms with Gasteiger partial charge >= 0.3 is 0 Å². The molecule has 3 rings (SSSR count). The van der Waals surface area contributed by atoms with Crippen LogP contribution in [0.4, 0.5) is 0 Å². The minimum atomic E-state index is 0.101. The normalized spacial score (nSPS) is 12.7. The van der Waals surface area contributed by atoms with Crippen LogP contribution in [0.1, 0.15) is 24.1 Å². The summed E-state index contributed by atoms with van der Waals surface area (Å²) in [5.74, 6) is 0. The van der Waals surface area contributed by atoms with E-state index in [1.54, 1.807) is 6.20 Å². The predicted octanol–water partition coefficient (Wildman–Crippen LogP) is 3.41. The minimum Gasteiger partial charge on any atom is -0.329 e. The van der Waals surface area contributed by atoms with E-state index in [1.165, 1.54) is 0 Å². The number of imidazole rings is 1. The molecule has 3 heterocycles. The largest absolute Gasteiger partial charge is 0.329 e. The van der Waals surface area contributed by atoms with Gasteiger partial charge in [-0.2, -0.15) is 0 Å². The van der Waals surface area contributed by atoms with Crippen LogP contribution in [0.3, 0.4) is 0 Å². The molecule has 1 atom stereocenters. The Morgan fingerprint density at radius 2 is 2.16 bits per heavy atom. The maximum absolute atomic E-state index is 5.44. The molecule has 4 nitrogen and oxygen atoms in total. The van der Waals surface area contributed by atoms with Crippen LogP contribution in [-0.2, 0) is 0 Å². The number of nitrogens with zero attached hydrogens (tertiary/aromatic N) is 3. The number of aromatic amines is 1. The van der Waals surface area contributed by atoms with Gasteiger partial charge in [-0.25, -0.2) is 4.98 Å². The third-order valence-electron chi connectivity index (χ3n) is 3.37. The van der Waals surface area contributed by atoms with Gasteiger partial charge in [-0.3, -0.25) is 9.55 Å². The van der Waals surface area contributed by atoms with Crippen molar-refractivity contribution in [1.29, 1.82) is 0 Å². The number of H-pyrrole nitrogens is 1. The van der Waals surface area contributed by atoms with E-state index in [1.807, 2.05) is 42.1 Å². The van der Waals surface area contributed by atoms with Crippen LogP contribution in [0.5, 0.6) is 0 Å². The zero-order chi connectivity index (χ0) is 13.4. The molecular weight excluding hydrogens is 256 g/mol. The lowest BCUT2D eigenvalue weighted by Crippen LogP contribution is -2.07. The molecule has 19 heavy (non-hydrogen) atoms. The summed E-state index contributed by atoms with van der Waals surface area (Å²) in [7, 11) is 0. The van der Waals surface area contributed by atoms with Gasteiger partial charge in [0.15, 0.2) is 10.4 Å². The van der Waals surface area contributed by atoms with Crippen molar-refractivity contribution >= 4 is 23.4 Å². The van der Waals surface area contributed by atoms with Crippen LogP contribution in [0.15, 0.2) is 36.8 Å². The first kappa shape index (κ1) is 12.0. The minimum absolute atomic E-state index is 0.101. The molecule has 0 saturated carbocycles. The summed E-state index contributed by atoms with van der Waals surface area (Å²) in [6, 6.07) is 6.06. The highest BCUT2D eigenvalue weighted by molar-refractivity contribution is 7.71. The Labute approximate surface area is 116 Å². The molecule has 1 N–H and O–H groups in total. The maximum Gasteiger partial charge on any atom is 0.179 e. The first-order chi connectivity index (χ1) is 9.18. The molecule has 0 aliphatic carbocycles. The summed E-state index contributed by atoms with van der Waals surface area (Å²) in [5.41, 5.74) is 4.15. The number of hydrogen-bond donors (Lipinski definition) is 1. The molecular formula is C14H14N4S. The fraction of sp³-hybridized carbons (Fsp3) is 0.214. The Hall–Kier alpha value is -2.01. The van der Waals surface area contributed by atoms with Crippen molar-refractivity contribution in [3.8, 4) is 0 Å². The Morgan fingerprint density at radius 1 is 1.32 bits per heavy atom. The standard InChI is InChI=1S/C14H14N4S/c1-9-5-7-16-13-12(9)17-14(19)18(13)10(2)11-4-3-6-15-8-11/h3-8,10H,1-2H3,(H,17,19). The molecule has 1 unspecified atom stereocenters. The highest BCUT2D eigenvalue weighted by Gasteiger charge is 2.14. The third kappa shape index (κ3) is 1.96. The van der Waals surface area contributed by atoms with Crippen molar-refractivity contribution in [1.82, 2.24) is 19.5 Å². The summed E-state index contributed by atoms with van der Waals surface area (Å²) in [5, 5.41) is 0. The second-order valence-corrected chi connectivity index (χ2v) is 4.98. The SMILES string of the molecule is Cc1ccnc2c1[nH]c(=S)n2C(C)c1cccnc1. The van der Waals surface area contributed by atoms with Crippen molar-refractivity contribution in [3.63, 3.8) is 0 Å². The van der Waals surface area contributed by atoms with Gasteiger partial charge in [0.05, 0.1) is 11.6 Å². The van der Waals surface area contributed by atoms with Gasteiger partial charge in [-0.1, -0.05) is 6.07 Å². The molecule has 96 valence electrons. The predicted molar refractivity (Wildman–Crippen MR) is 77.7 cm³/mol. The topological polar surface area (TPSA) is 46.5 Å². The lowest BCUT2D eigenvalue weighted by Gasteiger charge is -2.13. The van der Waals surface area contributed by atoms with Gasteiger partial charge < -0.3 is 4.98 Å². The molecule has 0 aliphatic heterocycles. The first-order valence-electron chi connectivity index (χ1n) is 6.14. The van der Waals surface area contributed by atoms with E-state index >= 15 is 0 Å². The summed E-state index contributed by atoms with van der Waals surface area (Å²) >= 11 is 5.44. The Bertz CT molecular complexity index is 773. The lowest BCUT2D eigenvalue weighted by atomic mass is 10.1. The quantitative estimate of drug-likeness (QED) is 0.726. The third-order valence-corrected chi connectivity index (χ3v) is 3.67. The van der Waals surface area contributed by atoms with E-state index in [-0.39, 0.29) is 6.04 Å². The van der Waals surface area contributed by atoms with Crippen LogP contribution >= 0.6 is 12.2 Å². The van der Waals surface area contributed by atoms with E-state index in [0.717, 1.165) is 22.3 Å². The summed E-state index contributed by atoms with van der Waals surface area (Å²) < 4.78 is 2.72. The summed E-state index contributed by atoms with van der Waals surface area (Å²) in [6.45, 7) is 4.15. The van der Waals surface area contributed by atoms with Gasteiger partial charge in [0.2, 0.25) is 0 Å². The number of aryl methyl sites for hydroxylation is 1. The molecule has 0 amide bonds. The van der Waals surface area contributed by atoms with Crippen molar-refractivity contribution in [2.75, 3.05) is 0 Å². The number of fused-ring (bicyclic) bond motifs is 1. The fourth-order valence-electron chi connectivity index (χ4n) is 2.28.